The maximum absolute atomic E-state index is 14.2. The van der Waals surface area contributed by atoms with Gasteiger partial charge in [0.05, 0.1) is 18.2 Å². The highest BCUT2D eigenvalue weighted by molar-refractivity contribution is 5.89. The zero-order valence-electron chi connectivity index (χ0n) is 20.0. The molecule has 2 fully saturated rings. The molecule has 0 unspecified atom stereocenters. The Labute approximate surface area is 203 Å². The Morgan fingerprint density at radius 3 is 2.26 bits per heavy atom. The third kappa shape index (κ3) is 5.68. The van der Waals surface area contributed by atoms with Crippen molar-refractivity contribution in [2.75, 3.05) is 6.61 Å². The summed E-state index contributed by atoms with van der Waals surface area (Å²) < 4.78 is 48.6. The first-order valence-electron chi connectivity index (χ1n) is 12.5. The van der Waals surface area contributed by atoms with E-state index in [-0.39, 0.29) is 17.2 Å². The van der Waals surface area contributed by atoms with Crippen LogP contribution in [0, 0.1) is 11.8 Å². The van der Waals surface area contributed by atoms with Gasteiger partial charge in [-0.25, -0.2) is 4.79 Å². The van der Waals surface area contributed by atoms with E-state index in [2.05, 4.69) is 5.32 Å². The van der Waals surface area contributed by atoms with E-state index < -0.39 is 30.0 Å². The lowest BCUT2D eigenvalue weighted by Gasteiger charge is -2.36. The van der Waals surface area contributed by atoms with Crippen molar-refractivity contribution in [2.24, 2.45) is 11.8 Å². The minimum Gasteiger partial charge on any atom is -0.490 e. The van der Waals surface area contributed by atoms with Crippen molar-refractivity contribution < 1.29 is 32.9 Å². The number of fused-ring (bicyclic) bond motifs is 1. The van der Waals surface area contributed by atoms with Gasteiger partial charge < -0.3 is 20.3 Å². The highest BCUT2D eigenvalue weighted by Gasteiger charge is 2.38. The Balaban J connectivity index is 1.57. The van der Waals surface area contributed by atoms with Crippen LogP contribution in [0.25, 0.3) is 10.8 Å². The van der Waals surface area contributed by atoms with E-state index in [1.54, 1.807) is 6.07 Å². The standard InChI is InChI=1S/C27H34F3NO4/c1-26(16-32,31-25(33)34)20-10-13-22-19(15-20)9-14-23(24(22)27(28,29)30)35-21-11-7-18(8-12-21)17-5-3-2-4-6-17/h9-10,13-15,17-18,21,31-32H,2-8,11-12,16H2,1H3,(H,33,34)/t18-,21-,26-/m0/s1. The van der Waals surface area contributed by atoms with E-state index in [9.17, 15) is 23.1 Å². The third-order valence-corrected chi connectivity index (χ3v) is 7.93. The molecule has 35 heavy (non-hydrogen) atoms. The van der Waals surface area contributed by atoms with Crippen LogP contribution in [0.1, 0.15) is 75.8 Å². The van der Waals surface area contributed by atoms with Gasteiger partial charge in [-0.3, -0.25) is 0 Å². The fourth-order valence-electron chi connectivity index (χ4n) is 5.95. The number of aliphatic hydroxyl groups excluding tert-OH is 1. The molecular formula is C27H34F3NO4. The van der Waals surface area contributed by atoms with Gasteiger partial charge in [-0.15, -0.1) is 0 Å². The zero-order chi connectivity index (χ0) is 25.2. The smallest absolute Gasteiger partial charge is 0.420 e. The Bertz CT molecular complexity index is 1040. The molecular weight excluding hydrogens is 459 g/mol. The molecule has 5 nitrogen and oxygen atoms in total. The van der Waals surface area contributed by atoms with E-state index in [0.717, 1.165) is 31.6 Å². The van der Waals surface area contributed by atoms with Crippen LogP contribution in [-0.4, -0.2) is 29.0 Å². The molecule has 0 heterocycles. The molecule has 0 bridgehead atoms. The molecule has 8 heteroatoms. The molecule has 0 aromatic heterocycles. The van der Waals surface area contributed by atoms with Crippen molar-refractivity contribution in [3.63, 3.8) is 0 Å². The first-order valence-corrected chi connectivity index (χ1v) is 12.5. The van der Waals surface area contributed by atoms with Gasteiger partial charge in [0.15, 0.2) is 0 Å². The van der Waals surface area contributed by atoms with Gasteiger partial charge in [0, 0.05) is 0 Å². The first kappa shape index (κ1) is 25.6. The predicted octanol–water partition coefficient (Wildman–Crippen LogP) is 6.85. The Kier molecular flexibility index (Phi) is 7.50. The van der Waals surface area contributed by atoms with Crippen LogP contribution in [0.4, 0.5) is 18.0 Å². The monoisotopic (exact) mass is 493 g/mol. The topological polar surface area (TPSA) is 78.8 Å². The second-order valence-corrected chi connectivity index (χ2v) is 10.3. The Morgan fingerprint density at radius 2 is 1.66 bits per heavy atom. The molecule has 192 valence electrons. The summed E-state index contributed by atoms with van der Waals surface area (Å²) in [6, 6.07) is 7.16. The summed E-state index contributed by atoms with van der Waals surface area (Å²) in [5, 5.41) is 21.4. The SMILES string of the molecule is C[C@@](CO)(NC(=O)O)c1ccc2c(C(F)(F)F)c(O[C@H]3CC[C@H](C4CCCCC4)CC3)ccc2c1. The van der Waals surface area contributed by atoms with Crippen LogP contribution >= 0.6 is 0 Å². The van der Waals surface area contributed by atoms with Crippen molar-refractivity contribution >= 4 is 16.9 Å². The van der Waals surface area contributed by atoms with Crippen molar-refractivity contribution in [3.05, 3.63) is 41.5 Å². The highest BCUT2D eigenvalue weighted by Crippen LogP contribution is 2.44. The maximum atomic E-state index is 14.2. The second kappa shape index (κ2) is 10.2. The number of halogens is 3. The molecule has 1 atom stereocenters. The number of ether oxygens (including phenoxy) is 1. The third-order valence-electron chi connectivity index (χ3n) is 7.93. The quantitative estimate of drug-likeness (QED) is 0.411. The predicted molar refractivity (Wildman–Crippen MR) is 127 cm³/mol. The number of rotatable bonds is 6. The van der Waals surface area contributed by atoms with Crippen LogP contribution in [0.3, 0.4) is 0 Å². The van der Waals surface area contributed by atoms with Crippen LogP contribution < -0.4 is 10.1 Å². The molecule has 0 saturated heterocycles. The number of nitrogens with one attached hydrogen (secondary N) is 1. The van der Waals surface area contributed by atoms with Gasteiger partial charge in [-0.2, -0.15) is 13.2 Å². The van der Waals surface area contributed by atoms with Crippen LogP contribution in [0.5, 0.6) is 5.75 Å². The number of aliphatic hydroxyl groups is 1. The summed E-state index contributed by atoms with van der Waals surface area (Å²) >= 11 is 0. The molecule has 4 rings (SSSR count). The molecule has 3 N–H and O–H groups in total. The van der Waals surface area contributed by atoms with E-state index in [1.807, 2.05) is 0 Å². The molecule has 0 spiro atoms. The lowest BCUT2D eigenvalue weighted by atomic mass is 9.73. The molecule has 2 saturated carbocycles. The Morgan fingerprint density at radius 1 is 1.00 bits per heavy atom. The number of carboxylic acid groups (broad SMARTS) is 1. The van der Waals surface area contributed by atoms with Gasteiger partial charge in [0.25, 0.3) is 0 Å². The van der Waals surface area contributed by atoms with Gasteiger partial charge in [0.1, 0.15) is 11.3 Å². The van der Waals surface area contributed by atoms with E-state index in [0.29, 0.717) is 16.9 Å². The van der Waals surface area contributed by atoms with Crippen molar-refractivity contribution in [2.45, 2.75) is 82.5 Å². The molecule has 2 aromatic carbocycles. The van der Waals surface area contributed by atoms with E-state index in [1.165, 1.54) is 63.3 Å². The van der Waals surface area contributed by atoms with Gasteiger partial charge in [0.2, 0.25) is 0 Å². The largest absolute Gasteiger partial charge is 0.490 e. The van der Waals surface area contributed by atoms with Gasteiger partial charge in [-0.1, -0.05) is 50.3 Å². The van der Waals surface area contributed by atoms with Crippen LogP contribution in [0.2, 0.25) is 0 Å². The molecule has 2 aliphatic carbocycles. The first-order chi connectivity index (χ1) is 16.6. The lowest BCUT2D eigenvalue weighted by molar-refractivity contribution is -0.138. The van der Waals surface area contributed by atoms with E-state index in [4.69, 9.17) is 9.84 Å². The summed E-state index contributed by atoms with van der Waals surface area (Å²) in [5.41, 5.74) is -1.78. The summed E-state index contributed by atoms with van der Waals surface area (Å²) in [6.45, 7) is 0.940. The molecule has 2 aromatic rings. The average molecular weight is 494 g/mol. The van der Waals surface area contributed by atoms with Crippen molar-refractivity contribution in [1.29, 1.82) is 0 Å². The minimum absolute atomic E-state index is 0.00902. The second-order valence-electron chi connectivity index (χ2n) is 10.3. The fourth-order valence-corrected chi connectivity index (χ4v) is 5.95. The van der Waals surface area contributed by atoms with Crippen molar-refractivity contribution in [3.8, 4) is 5.75 Å². The number of amides is 1. The number of carbonyl (C=O) groups is 1. The van der Waals surface area contributed by atoms with Crippen LogP contribution in [-0.2, 0) is 11.7 Å². The van der Waals surface area contributed by atoms with Gasteiger partial charge >= 0.3 is 12.3 Å². The maximum Gasteiger partial charge on any atom is 0.420 e. The molecule has 0 aliphatic heterocycles. The van der Waals surface area contributed by atoms with E-state index >= 15 is 0 Å². The number of hydrogen-bond donors (Lipinski definition) is 3. The zero-order valence-corrected chi connectivity index (χ0v) is 20.0. The highest BCUT2D eigenvalue weighted by atomic mass is 19.4. The summed E-state index contributed by atoms with van der Waals surface area (Å²) in [4.78, 5) is 11.2. The van der Waals surface area contributed by atoms with Crippen molar-refractivity contribution in [1.82, 2.24) is 5.32 Å². The molecule has 2 aliphatic rings. The van der Waals surface area contributed by atoms with Gasteiger partial charge in [-0.05, 0) is 72.9 Å². The average Bonchev–Trinajstić information content (AvgIpc) is 2.83. The minimum atomic E-state index is -4.62. The fraction of sp³-hybridized carbons (Fsp3) is 0.593. The molecule has 0 radical (unpaired) electrons. The number of alkyl halides is 3. The summed E-state index contributed by atoms with van der Waals surface area (Å²) in [5.74, 6) is 1.26. The summed E-state index contributed by atoms with van der Waals surface area (Å²) in [6.07, 6.45) is 3.81. The lowest BCUT2D eigenvalue weighted by Crippen LogP contribution is -2.45. The number of benzene rings is 2. The normalized spacial score (nSPS) is 23.6. The summed E-state index contributed by atoms with van der Waals surface area (Å²) in [7, 11) is 0. The number of hydrogen-bond acceptors (Lipinski definition) is 3. The van der Waals surface area contributed by atoms with Crippen LogP contribution in [0.15, 0.2) is 30.3 Å². The Hall–Kier alpha value is -2.48. The molecule has 1 amide bonds.